The third-order valence-corrected chi connectivity index (χ3v) is 5.53. The van der Waals surface area contributed by atoms with Crippen molar-refractivity contribution in [3.05, 3.63) is 52.4 Å². The molecule has 1 saturated heterocycles. The van der Waals surface area contributed by atoms with E-state index < -0.39 is 0 Å². The summed E-state index contributed by atoms with van der Waals surface area (Å²) in [6.45, 7) is 3.94. The van der Waals surface area contributed by atoms with Crippen molar-refractivity contribution in [2.45, 2.75) is 6.54 Å². The van der Waals surface area contributed by atoms with Gasteiger partial charge in [-0.3, -0.25) is 4.90 Å². The Morgan fingerprint density at radius 2 is 1.96 bits per heavy atom. The fourth-order valence-electron chi connectivity index (χ4n) is 3.05. The molecule has 7 heteroatoms. The average Bonchev–Trinajstić information content (AvgIpc) is 3.08. The van der Waals surface area contributed by atoms with Crippen LogP contribution in [0.4, 0.5) is 10.2 Å². The third-order valence-electron chi connectivity index (χ3n) is 4.36. The number of piperazine rings is 1. The lowest BCUT2D eigenvalue weighted by molar-refractivity contribution is 0.246. The maximum absolute atomic E-state index is 13.9. The molecule has 3 heterocycles. The average molecular weight is 363 g/mol. The number of thiophene rings is 1. The summed E-state index contributed by atoms with van der Waals surface area (Å²) in [6.07, 6.45) is 1.62. The molecule has 1 aliphatic rings. The van der Waals surface area contributed by atoms with Gasteiger partial charge in [-0.05, 0) is 23.6 Å². The van der Waals surface area contributed by atoms with Crippen LogP contribution < -0.4 is 4.90 Å². The highest BCUT2D eigenvalue weighted by Gasteiger charge is 2.21. The first-order valence-corrected chi connectivity index (χ1v) is 9.06. The van der Waals surface area contributed by atoms with Crippen LogP contribution in [0.1, 0.15) is 5.56 Å². The Balaban J connectivity index is 1.46. The van der Waals surface area contributed by atoms with Crippen molar-refractivity contribution in [3.63, 3.8) is 0 Å². The fourth-order valence-corrected chi connectivity index (χ4v) is 4.00. The highest BCUT2D eigenvalue weighted by Crippen LogP contribution is 2.28. The summed E-state index contributed by atoms with van der Waals surface area (Å²) < 4.78 is 13.9. The molecule has 0 saturated carbocycles. The van der Waals surface area contributed by atoms with Gasteiger partial charge in [0.15, 0.2) is 0 Å². The van der Waals surface area contributed by atoms with Crippen LogP contribution >= 0.6 is 22.9 Å². The minimum Gasteiger partial charge on any atom is -0.353 e. The largest absolute Gasteiger partial charge is 0.353 e. The Bertz CT molecular complexity index is 840. The van der Waals surface area contributed by atoms with Gasteiger partial charge in [0.25, 0.3) is 0 Å². The van der Waals surface area contributed by atoms with Crippen molar-refractivity contribution >= 4 is 39.0 Å². The normalized spacial score (nSPS) is 16.0. The van der Waals surface area contributed by atoms with Crippen LogP contribution in [0.25, 0.3) is 10.2 Å². The van der Waals surface area contributed by atoms with Crippen molar-refractivity contribution in [1.82, 2.24) is 14.9 Å². The number of rotatable bonds is 3. The topological polar surface area (TPSA) is 32.3 Å². The molecule has 0 unspecified atom stereocenters. The highest BCUT2D eigenvalue weighted by molar-refractivity contribution is 7.16. The third kappa shape index (κ3) is 2.97. The first-order chi connectivity index (χ1) is 11.7. The second-order valence-corrected chi connectivity index (χ2v) is 7.10. The van der Waals surface area contributed by atoms with Crippen LogP contribution in [0.2, 0.25) is 5.02 Å². The predicted molar refractivity (Wildman–Crippen MR) is 96.3 cm³/mol. The first-order valence-electron chi connectivity index (χ1n) is 7.81. The van der Waals surface area contributed by atoms with Gasteiger partial charge in [-0.25, -0.2) is 14.4 Å². The van der Waals surface area contributed by atoms with E-state index in [0.717, 1.165) is 42.2 Å². The summed E-state index contributed by atoms with van der Waals surface area (Å²) in [5, 5.41) is 3.64. The number of hydrogen-bond donors (Lipinski definition) is 0. The highest BCUT2D eigenvalue weighted by atomic mass is 35.5. The Morgan fingerprint density at radius 1 is 1.12 bits per heavy atom. The molecule has 4 nitrogen and oxygen atoms in total. The van der Waals surface area contributed by atoms with E-state index >= 15 is 0 Å². The molecule has 0 radical (unpaired) electrons. The molecule has 4 rings (SSSR count). The van der Waals surface area contributed by atoms with E-state index in [1.54, 1.807) is 29.8 Å². The maximum Gasteiger partial charge on any atom is 0.140 e. The number of halogens is 2. The van der Waals surface area contributed by atoms with Gasteiger partial charge in [-0.2, -0.15) is 0 Å². The molecular formula is C17H16ClFN4S. The molecule has 1 aliphatic heterocycles. The van der Waals surface area contributed by atoms with E-state index in [2.05, 4.69) is 25.8 Å². The van der Waals surface area contributed by atoms with Crippen molar-refractivity contribution in [2.75, 3.05) is 31.1 Å². The second-order valence-electron chi connectivity index (χ2n) is 5.80. The summed E-state index contributed by atoms with van der Waals surface area (Å²) in [7, 11) is 0. The van der Waals surface area contributed by atoms with Crippen LogP contribution in [0.3, 0.4) is 0 Å². The summed E-state index contributed by atoms with van der Waals surface area (Å²) >= 11 is 7.76. The van der Waals surface area contributed by atoms with Gasteiger partial charge >= 0.3 is 0 Å². The lowest BCUT2D eigenvalue weighted by atomic mass is 10.1. The molecule has 0 N–H and O–H groups in total. The van der Waals surface area contributed by atoms with Crippen molar-refractivity contribution in [1.29, 1.82) is 0 Å². The first kappa shape index (κ1) is 15.7. The second kappa shape index (κ2) is 6.63. The van der Waals surface area contributed by atoms with E-state index in [0.29, 0.717) is 17.1 Å². The van der Waals surface area contributed by atoms with Crippen LogP contribution in [0.15, 0.2) is 36.0 Å². The summed E-state index contributed by atoms with van der Waals surface area (Å²) in [5.74, 6) is 0.755. The van der Waals surface area contributed by atoms with Gasteiger partial charge in [0, 0.05) is 43.3 Å². The van der Waals surface area contributed by atoms with Gasteiger partial charge in [-0.15, -0.1) is 11.3 Å². The van der Waals surface area contributed by atoms with Gasteiger partial charge < -0.3 is 4.90 Å². The monoisotopic (exact) mass is 362 g/mol. The Hall–Kier alpha value is -1.76. The Labute approximate surface area is 148 Å². The van der Waals surface area contributed by atoms with Crippen molar-refractivity contribution < 1.29 is 4.39 Å². The number of anilines is 1. The zero-order valence-corrected chi connectivity index (χ0v) is 14.5. The molecule has 2 aromatic heterocycles. The summed E-state index contributed by atoms with van der Waals surface area (Å²) in [6, 6.07) is 6.91. The molecule has 124 valence electrons. The van der Waals surface area contributed by atoms with Crippen LogP contribution in [0, 0.1) is 5.82 Å². The summed E-state index contributed by atoms with van der Waals surface area (Å²) in [5.41, 5.74) is 0.579. The number of aromatic nitrogens is 2. The molecule has 1 aromatic carbocycles. The molecule has 0 aliphatic carbocycles. The number of benzene rings is 1. The number of nitrogens with zero attached hydrogens (tertiary/aromatic N) is 4. The van der Waals surface area contributed by atoms with Crippen molar-refractivity contribution in [2.24, 2.45) is 0 Å². The minimum atomic E-state index is -0.235. The fraction of sp³-hybridized carbons (Fsp3) is 0.294. The SMILES string of the molecule is Fc1cccc(Cl)c1CN1CCN(c2ncnc3sccc23)CC1. The minimum absolute atomic E-state index is 0.235. The van der Waals surface area contributed by atoms with Crippen LogP contribution in [0.5, 0.6) is 0 Å². The Morgan fingerprint density at radius 3 is 2.75 bits per heavy atom. The molecule has 24 heavy (non-hydrogen) atoms. The molecule has 0 bridgehead atoms. The summed E-state index contributed by atoms with van der Waals surface area (Å²) in [4.78, 5) is 14.3. The van der Waals surface area contributed by atoms with Gasteiger partial charge in [0.2, 0.25) is 0 Å². The van der Waals surface area contributed by atoms with Gasteiger partial charge in [0.1, 0.15) is 22.8 Å². The zero-order chi connectivity index (χ0) is 16.5. The molecule has 0 atom stereocenters. The molecule has 0 amide bonds. The predicted octanol–water partition coefficient (Wildman–Crippen LogP) is 3.81. The molecule has 0 spiro atoms. The van der Waals surface area contributed by atoms with Gasteiger partial charge in [-0.1, -0.05) is 17.7 Å². The van der Waals surface area contributed by atoms with E-state index in [1.807, 2.05) is 5.38 Å². The lowest BCUT2D eigenvalue weighted by Crippen LogP contribution is -2.46. The van der Waals surface area contributed by atoms with E-state index in [9.17, 15) is 4.39 Å². The Kier molecular flexibility index (Phi) is 4.35. The standard InChI is InChI=1S/C17H16ClFN4S/c18-14-2-1-3-15(19)13(14)10-22-5-7-23(8-6-22)16-12-4-9-24-17(12)21-11-20-16/h1-4,9,11H,5-8,10H2. The van der Waals surface area contributed by atoms with Crippen LogP contribution in [-0.4, -0.2) is 41.0 Å². The van der Waals surface area contributed by atoms with Gasteiger partial charge in [0.05, 0.1) is 5.39 Å². The molecular weight excluding hydrogens is 347 g/mol. The van der Waals surface area contributed by atoms with E-state index in [1.165, 1.54) is 6.07 Å². The smallest absolute Gasteiger partial charge is 0.140 e. The number of fused-ring (bicyclic) bond motifs is 1. The van der Waals surface area contributed by atoms with E-state index in [-0.39, 0.29) is 5.82 Å². The van der Waals surface area contributed by atoms with Crippen LogP contribution in [-0.2, 0) is 6.54 Å². The maximum atomic E-state index is 13.9. The lowest BCUT2D eigenvalue weighted by Gasteiger charge is -2.35. The number of hydrogen-bond acceptors (Lipinski definition) is 5. The molecule has 1 fully saturated rings. The molecule has 3 aromatic rings. The van der Waals surface area contributed by atoms with E-state index in [4.69, 9.17) is 11.6 Å². The quantitative estimate of drug-likeness (QED) is 0.709. The zero-order valence-electron chi connectivity index (χ0n) is 13.0. The van der Waals surface area contributed by atoms with Crippen molar-refractivity contribution in [3.8, 4) is 0 Å².